The van der Waals surface area contributed by atoms with Gasteiger partial charge in [0.2, 0.25) is 5.91 Å². The van der Waals surface area contributed by atoms with E-state index in [1.807, 2.05) is 26.8 Å². The van der Waals surface area contributed by atoms with Crippen molar-refractivity contribution in [3.05, 3.63) is 64.2 Å². The predicted molar refractivity (Wildman–Crippen MR) is 136 cm³/mol. The average molecular weight is 513 g/mol. The quantitative estimate of drug-likeness (QED) is 0.492. The first-order valence-electron chi connectivity index (χ1n) is 12.3. The molecule has 0 atom stereocenters. The van der Waals surface area contributed by atoms with Gasteiger partial charge in [0.05, 0.1) is 32.4 Å². The highest BCUT2D eigenvalue weighted by molar-refractivity contribution is 5.78. The number of methoxy groups -OCH3 is 1. The number of carbonyl (C=O) groups is 1. The van der Waals surface area contributed by atoms with Crippen molar-refractivity contribution in [3.63, 3.8) is 0 Å². The molecule has 1 N–H and O–H groups in total. The maximum Gasteiger partial charge on any atom is 0.356 e. The van der Waals surface area contributed by atoms with Crippen molar-refractivity contribution in [3.8, 4) is 17.3 Å². The molecular formula is C26H33FN6O4. The summed E-state index contributed by atoms with van der Waals surface area (Å²) < 4.78 is 27.0. The standard InChI is InChI=1S/C26H33FN6O4/c1-26(2,3)29-24(34)16-23-30-33(25(35)32(23)19-6-7-20(27)21(15-19)36-4)22-8-5-18(17-28-22)9-10-31-11-13-37-14-12-31/h5-8,15,17H,9-14,16H2,1-4H3,(H,29,34). The predicted octanol–water partition coefficient (Wildman–Crippen LogP) is 1.90. The van der Waals surface area contributed by atoms with Crippen molar-refractivity contribution >= 4 is 5.91 Å². The lowest BCUT2D eigenvalue weighted by atomic mass is 10.1. The van der Waals surface area contributed by atoms with Gasteiger partial charge in [0, 0.05) is 37.4 Å². The SMILES string of the molecule is COc1cc(-n2c(CC(=O)NC(C)(C)C)nn(-c3ccc(CCN4CCOCC4)cn3)c2=O)ccc1F. The number of hydrogen-bond acceptors (Lipinski definition) is 7. The molecule has 3 aromatic rings. The molecule has 4 rings (SSSR count). The van der Waals surface area contributed by atoms with E-state index in [9.17, 15) is 14.0 Å². The van der Waals surface area contributed by atoms with Gasteiger partial charge in [-0.15, -0.1) is 5.10 Å². The largest absolute Gasteiger partial charge is 0.494 e. The minimum atomic E-state index is -0.562. The Balaban J connectivity index is 1.64. The van der Waals surface area contributed by atoms with E-state index in [4.69, 9.17) is 9.47 Å². The Morgan fingerprint density at radius 2 is 1.95 bits per heavy atom. The molecule has 0 radical (unpaired) electrons. The van der Waals surface area contributed by atoms with Crippen molar-refractivity contribution in [2.75, 3.05) is 40.0 Å². The van der Waals surface area contributed by atoms with Gasteiger partial charge in [-0.25, -0.2) is 18.7 Å². The number of ether oxygens (including phenoxy) is 2. The number of rotatable bonds is 8. The number of amides is 1. The highest BCUT2D eigenvalue weighted by Gasteiger charge is 2.22. The number of pyridine rings is 1. The zero-order valence-electron chi connectivity index (χ0n) is 21.7. The van der Waals surface area contributed by atoms with E-state index in [2.05, 4.69) is 20.3 Å². The molecule has 11 heteroatoms. The number of nitrogens with zero attached hydrogens (tertiary/aromatic N) is 5. The molecule has 0 saturated carbocycles. The smallest absolute Gasteiger partial charge is 0.356 e. The first kappa shape index (κ1) is 26.5. The van der Waals surface area contributed by atoms with Crippen molar-refractivity contribution in [2.24, 2.45) is 0 Å². The third-order valence-electron chi connectivity index (χ3n) is 5.92. The van der Waals surface area contributed by atoms with Crippen LogP contribution in [0.1, 0.15) is 32.2 Å². The van der Waals surface area contributed by atoms with Crippen molar-refractivity contribution in [2.45, 2.75) is 39.2 Å². The van der Waals surface area contributed by atoms with Crippen molar-refractivity contribution in [1.29, 1.82) is 0 Å². The van der Waals surface area contributed by atoms with E-state index in [0.717, 1.165) is 49.5 Å². The summed E-state index contributed by atoms with van der Waals surface area (Å²) in [6.07, 6.45) is 2.40. The summed E-state index contributed by atoms with van der Waals surface area (Å²) >= 11 is 0. The van der Waals surface area contributed by atoms with Crippen LogP contribution in [0.15, 0.2) is 41.3 Å². The molecule has 2 aromatic heterocycles. The summed E-state index contributed by atoms with van der Waals surface area (Å²) in [5.41, 5.74) is 0.384. The summed E-state index contributed by atoms with van der Waals surface area (Å²) in [5, 5.41) is 7.32. The Hall–Kier alpha value is -3.57. The Bertz CT molecular complexity index is 1290. The normalized spacial score (nSPS) is 14.5. The van der Waals surface area contributed by atoms with Gasteiger partial charge >= 0.3 is 5.69 Å². The maximum absolute atomic E-state index is 14.1. The highest BCUT2D eigenvalue weighted by atomic mass is 19.1. The molecule has 1 saturated heterocycles. The number of morpholine rings is 1. The van der Waals surface area contributed by atoms with E-state index in [0.29, 0.717) is 11.5 Å². The lowest BCUT2D eigenvalue weighted by Gasteiger charge is -2.26. The van der Waals surface area contributed by atoms with Crippen LogP contribution >= 0.6 is 0 Å². The fourth-order valence-corrected chi connectivity index (χ4v) is 4.13. The van der Waals surface area contributed by atoms with Crippen LogP contribution in [-0.2, 0) is 22.4 Å². The summed E-state index contributed by atoms with van der Waals surface area (Å²) in [5.74, 6) is -0.367. The minimum Gasteiger partial charge on any atom is -0.494 e. The maximum atomic E-state index is 14.1. The van der Waals surface area contributed by atoms with Gasteiger partial charge in [-0.05, 0) is 51.0 Å². The lowest BCUT2D eigenvalue weighted by molar-refractivity contribution is -0.121. The van der Waals surface area contributed by atoms with Gasteiger partial charge in [0.25, 0.3) is 0 Å². The van der Waals surface area contributed by atoms with Crippen LogP contribution < -0.4 is 15.7 Å². The molecule has 1 fully saturated rings. The fraction of sp³-hybridized carbons (Fsp3) is 0.462. The topological polar surface area (TPSA) is 104 Å². The summed E-state index contributed by atoms with van der Waals surface area (Å²) in [7, 11) is 1.34. The molecule has 1 aliphatic heterocycles. The second-order valence-corrected chi connectivity index (χ2v) is 9.97. The molecule has 198 valence electrons. The molecule has 0 aliphatic carbocycles. The van der Waals surface area contributed by atoms with Gasteiger partial charge in [0.1, 0.15) is 5.82 Å². The van der Waals surface area contributed by atoms with E-state index in [1.165, 1.54) is 29.9 Å². The second kappa shape index (κ2) is 11.2. The summed E-state index contributed by atoms with van der Waals surface area (Å²) in [4.78, 5) is 33.0. The van der Waals surface area contributed by atoms with Crippen molar-refractivity contribution < 1.29 is 18.7 Å². The first-order valence-corrected chi connectivity index (χ1v) is 12.3. The molecule has 1 amide bonds. The van der Waals surface area contributed by atoms with E-state index in [1.54, 1.807) is 12.3 Å². The molecule has 10 nitrogen and oxygen atoms in total. The van der Waals surface area contributed by atoms with Gasteiger partial charge in [-0.1, -0.05) is 6.07 Å². The zero-order valence-corrected chi connectivity index (χ0v) is 21.7. The fourth-order valence-electron chi connectivity index (χ4n) is 4.13. The minimum absolute atomic E-state index is 0.0232. The van der Waals surface area contributed by atoms with Crippen LogP contribution in [0, 0.1) is 5.82 Å². The molecule has 0 bridgehead atoms. The van der Waals surface area contributed by atoms with E-state index in [-0.39, 0.29) is 23.9 Å². The van der Waals surface area contributed by atoms with E-state index >= 15 is 0 Å². The number of benzene rings is 1. The lowest BCUT2D eigenvalue weighted by Crippen LogP contribution is -2.41. The summed E-state index contributed by atoms with van der Waals surface area (Å²) in [6.45, 7) is 9.83. The van der Waals surface area contributed by atoms with Gasteiger partial charge in [-0.3, -0.25) is 9.69 Å². The number of aromatic nitrogens is 4. The van der Waals surface area contributed by atoms with Crippen LogP contribution in [0.3, 0.4) is 0 Å². The molecule has 37 heavy (non-hydrogen) atoms. The van der Waals surface area contributed by atoms with Crippen LogP contribution in [-0.4, -0.2) is 75.6 Å². The molecule has 1 aromatic carbocycles. The average Bonchev–Trinajstić information content (AvgIpc) is 3.18. The number of hydrogen-bond donors (Lipinski definition) is 1. The third-order valence-corrected chi connectivity index (χ3v) is 5.92. The van der Waals surface area contributed by atoms with Gasteiger partial charge in [0.15, 0.2) is 17.4 Å². The molecular weight excluding hydrogens is 479 g/mol. The Labute approximate surface area is 215 Å². The Morgan fingerprint density at radius 3 is 2.59 bits per heavy atom. The first-order chi connectivity index (χ1) is 17.6. The molecule has 1 aliphatic rings. The zero-order chi connectivity index (χ0) is 26.6. The van der Waals surface area contributed by atoms with Crippen LogP contribution in [0.4, 0.5) is 4.39 Å². The van der Waals surface area contributed by atoms with Crippen LogP contribution in [0.25, 0.3) is 11.5 Å². The molecule has 0 spiro atoms. The number of carbonyl (C=O) groups excluding carboxylic acids is 1. The number of halogens is 1. The Kier molecular flexibility index (Phi) is 8.03. The number of nitrogens with one attached hydrogen (secondary N) is 1. The summed E-state index contributed by atoms with van der Waals surface area (Å²) in [6, 6.07) is 7.70. The molecule has 3 heterocycles. The van der Waals surface area contributed by atoms with Crippen LogP contribution in [0.2, 0.25) is 0 Å². The van der Waals surface area contributed by atoms with E-state index < -0.39 is 17.0 Å². The highest BCUT2D eigenvalue weighted by Crippen LogP contribution is 2.21. The Morgan fingerprint density at radius 1 is 1.19 bits per heavy atom. The monoisotopic (exact) mass is 512 g/mol. The molecule has 0 unspecified atom stereocenters. The third kappa shape index (κ3) is 6.60. The van der Waals surface area contributed by atoms with Crippen LogP contribution in [0.5, 0.6) is 5.75 Å². The van der Waals surface area contributed by atoms with Gasteiger partial charge < -0.3 is 14.8 Å². The van der Waals surface area contributed by atoms with Crippen molar-refractivity contribution in [1.82, 2.24) is 29.5 Å². The van der Waals surface area contributed by atoms with Gasteiger partial charge in [-0.2, -0.15) is 4.68 Å². The second-order valence-electron chi connectivity index (χ2n) is 9.97.